The summed E-state index contributed by atoms with van der Waals surface area (Å²) in [6, 6.07) is 6.07. The van der Waals surface area contributed by atoms with Gasteiger partial charge in [-0.2, -0.15) is 4.31 Å². The van der Waals surface area contributed by atoms with Crippen LogP contribution in [0.1, 0.15) is 30.6 Å². The van der Waals surface area contributed by atoms with Crippen LogP contribution >= 0.6 is 0 Å². The summed E-state index contributed by atoms with van der Waals surface area (Å²) in [7, 11) is -3.51. The number of hydrogen-bond acceptors (Lipinski definition) is 4. The molecule has 0 radical (unpaired) electrons. The first-order valence-corrected chi connectivity index (χ1v) is 9.37. The van der Waals surface area contributed by atoms with Crippen LogP contribution in [0.4, 0.5) is 0 Å². The average molecular weight is 339 g/mol. The van der Waals surface area contributed by atoms with Crippen molar-refractivity contribution in [3.8, 4) is 0 Å². The van der Waals surface area contributed by atoms with Gasteiger partial charge in [-0.1, -0.05) is 13.8 Å². The number of piperidine rings is 1. The molecule has 0 bridgehead atoms. The standard InChI is InChI=1S/C16H25N3O3S/c1-12-9-13(2)11-19(10-12)23(21,22)15-5-3-14(4-6-15)16(20)18-8-7-17/h3-6,12-13H,7-11,17H2,1-2H3,(H,18,20). The van der Waals surface area contributed by atoms with Crippen molar-refractivity contribution in [1.82, 2.24) is 9.62 Å². The van der Waals surface area contributed by atoms with E-state index in [-0.39, 0.29) is 10.8 Å². The van der Waals surface area contributed by atoms with Crippen LogP contribution in [0, 0.1) is 11.8 Å². The number of nitrogens with two attached hydrogens (primary N) is 1. The number of amides is 1. The molecule has 0 aliphatic carbocycles. The summed E-state index contributed by atoms with van der Waals surface area (Å²) < 4.78 is 27.0. The molecule has 1 heterocycles. The van der Waals surface area contributed by atoms with Gasteiger partial charge in [0.15, 0.2) is 0 Å². The molecule has 3 N–H and O–H groups in total. The summed E-state index contributed by atoms with van der Waals surface area (Å²) in [6.45, 7) is 5.99. The van der Waals surface area contributed by atoms with Crippen LogP contribution in [0.15, 0.2) is 29.2 Å². The topological polar surface area (TPSA) is 92.5 Å². The average Bonchev–Trinajstić information content (AvgIpc) is 2.51. The van der Waals surface area contributed by atoms with Crippen LogP contribution < -0.4 is 11.1 Å². The zero-order chi connectivity index (χ0) is 17.0. The number of benzene rings is 1. The normalized spacial score (nSPS) is 22.7. The zero-order valence-corrected chi connectivity index (χ0v) is 14.5. The molecular weight excluding hydrogens is 314 g/mol. The molecule has 1 fully saturated rings. The van der Waals surface area contributed by atoms with E-state index >= 15 is 0 Å². The number of nitrogens with zero attached hydrogens (tertiary/aromatic N) is 1. The van der Waals surface area contributed by atoms with Gasteiger partial charge in [0.05, 0.1) is 4.90 Å². The minimum atomic E-state index is -3.51. The highest BCUT2D eigenvalue weighted by Crippen LogP contribution is 2.26. The summed E-state index contributed by atoms with van der Waals surface area (Å²) in [6.07, 6.45) is 1.05. The maximum atomic E-state index is 12.7. The Hall–Kier alpha value is -1.44. The Balaban J connectivity index is 2.15. The highest BCUT2D eigenvalue weighted by atomic mass is 32.2. The van der Waals surface area contributed by atoms with E-state index in [1.54, 1.807) is 4.31 Å². The quantitative estimate of drug-likeness (QED) is 0.838. The molecule has 128 valence electrons. The van der Waals surface area contributed by atoms with Gasteiger partial charge in [0, 0.05) is 31.7 Å². The molecule has 1 aromatic carbocycles. The number of rotatable bonds is 5. The van der Waals surface area contributed by atoms with Crippen LogP contribution in [0.2, 0.25) is 0 Å². The van der Waals surface area contributed by atoms with Gasteiger partial charge < -0.3 is 11.1 Å². The molecule has 2 rings (SSSR count). The highest BCUT2D eigenvalue weighted by Gasteiger charge is 2.31. The molecule has 1 amide bonds. The first kappa shape index (κ1) is 17.9. The number of sulfonamides is 1. The third-order valence-electron chi connectivity index (χ3n) is 4.02. The molecule has 0 aromatic heterocycles. The van der Waals surface area contributed by atoms with Gasteiger partial charge >= 0.3 is 0 Å². The minimum absolute atomic E-state index is 0.231. The third-order valence-corrected chi connectivity index (χ3v) is 5.87. The lowest BCUT2D eigenvalue weighted by Gasteiger charge is -2.34. The van der Waals surface area contributed by atoms with Crippen molar-refractivity contribution in [3.63, 3.8) is 0 Å². The fourth-order valence-corrected chi connectivity index (χ4v) is 4.70. The summed E-state index contributed by atoms with van der Waals surface area (Å²) >= 11 is 0. The number of nitrogens with one attached hydrogen (secondary N) is 1. The second kappa shape index (κ2) is 7.42. The van der Waals surface area contributed by atoms with Crippen LogP contribution in [-0.4, -0.2) is 44.8 Å². The van der Waals surface area contributed by atoms with E-state index in [0.29, 0.717) is 43.6 Å². The van der Waals surface area contributed by atoms with Crippen molar-refractivity contribution in [2.24, 2.45) is 17.6 Å². The Bertz CT molecular complexity index is 633. The Morgan fingerprint density at radius 1 is 1.22 bits per heavy atom. The molecule has 0 spiro atoms. The molecular formula is C16H25N3O3S. The molecule has 1 aliphatic heterocycles. The first-order chi connectivity index (χ1) is 10.8. The largest absolute Gasteiger partial charge is 0.351 e. The van der Waals surface area contributed by atoms with E-state index in [9.17, 15) is 13.2 Å². The Labute approximate surface area is 138 Å². The predicted molar refractivity (Wildman–Crippen MR) is 89.5 cm³/mol. The maximum absolute atomic E-state index is 12.7. The summed E-state index contributed by atoms with van der Waals surface area (Å²) in [5.41, 5.74) is 5.77. The van der Waals surface area contributed by atoms with Crippen molar-refractivity contribution in [2.75, 3.05) is 26.2 Å². The van der Waals surface area contributed by atoms with Crippen LogP contribution in [0.5, 0.6) is 0 Å². The van der Waals surface area contributed by atoms with Gasteiger partial charge in [-0.05, 0) is 42.5 Å². The van der Waals surface area contributed by atoms with E-state index in [2.05, 4.69) is 19.2 Å². The molecule has 2 unspecified atom stereocenters. The Morgan fingerprint density at radius 3 is 2.30 bits per heavy atom. The monoisotopic (exact) mass is 339 g/mol. The minimum Gasteiger partial charge on any atom is -0.351 e. The van der Waals surface area contributed by atoms with Gasteiger partial charge in [0.1, 0.15) is 0 Å². The predicted octanol–water partition coefficient (Wildman–Crippen LogP) is 1.04. The maximum Gasteiger partial charge on any atom is 0.251 e. The number of hydrogen-bond donors (Lipinski definition) is 2. The van der Waals surface area contributed by atoms with Crippen molar-refractivity contribution in [3.05, 3.63) is 29.8 Å². The van der Waals surface area contributed by atoms with Crippen LogP contribution in [0.25, 0.3) is 0 Å². The second-order valence-corrected chi connectivity index (χ2v) is 8.27. The first-order valence-electron chi connectivity index (χ1n) is 7.93. The number of carbonyl (C=O) groups is 1. The van der Waals surface area contributed by atoms with E-state index in [1.165, 1.54) is 24.3 Å². The van der Waals surface area contributed by atoms with Crippen molar-refractivity contribution < 1.29 is 13.2 Å². The Morgan fingerprint density at radius 2 is 1.78 bits per heavy atom. The van der Waals surface area contributed by atoms with Crippen LogP contribution in [-0.2, 0) is 10.0 Å². The lowest BCUT2D eigenvalue weighted by atomic mass is 9.94. The zero-order valence-electron chi connectivity index (χ0n) is 13.7. The van der Waals surface area contributed by atoms with Crippen LogP contribution in [0.3, 0.4) is 0 Å². The molecule has 6 nitrogen and oxygen atoms in total. The van der Waals surface area contributed by atoms with Crippen molar-refractivity contribution in [1.29, 1.82) is 0 Å². The van der Waals surface area contributed by atoms with E-state index < -0.39 is 10.0 Å². The SMILES string of the molecule is CC1CC(C)CN(S(=O)(=O)c2ccc(C(=O)NCCN)cc2)C1. The fraction of sp³-hybridized carbons (Fsp3) is 0.562. The van der Waals surface area contributed by atoms with Gasteiger partial charge in [-0.15, -0.1) is 0 Å². The van der Waals surface area contributed by atoms with Gasteiger partial charge in [-0.3, -0.25) is 4.79 Å². The summed E-state index contributed by atoms with van der Waals surface area (Å²) in [4.78, 5) is 12.1. The van der Waals surface area contributed by atoms with E-state index in [1.807, 2.05) is 0 Å². The Kier molecular flexibility index (Phi) is 5.78. The molecule has 1 saturated heterocycles. The fourth-order valence-electron chi connectivity index (χ4n) is 3.02. The molecule has 1 aliphatic rings. The molecule has 7 heteroatoms. The lowest BCUT2D eigenvalue weighted by molar-refractivity contribution is 0.0954. The van der Waals surface area contributed by atoms with E-state index in [4.69, 9.17) is 5.73 Å². The molecule has 2 atom stereocenters. The third kappa shape index (κ3) is 4.31. The van der Waals surface area contributed by atoms with Crippen molar-refractivity contribution >= 4 is 15.9 Å². The second-order valence-electron chi connectivity index (χ2n) is 6.34. The van der Waals surface area contributed by atoms with E-state index in [0.717, 1.165) is 6.42 Å². The van der Waals surface area contributed by atoms with Gasteiger partial charge in [0.2, 0.25) is 10.0 Å². The smallest absolute Gasteiger partial charge is 0.251 e. The summed E-state index contributed by atoms with van der Waals surface area (Å²) in [5, 5.41) is 2.66. The lowest BCUT2D eigenvalue weighted by Crippen LogP contribution is -2.42. The molecule has 0 saturated carbocycles. The van der Waals surface area contributed by atoms with Crippen molar-refractivity contribution in [2.45, 2.75) is 25.2 Å². The number of carbonyl (C=O) groups excluding carboxylic acids is 1. The molecule has 23 heavy (non-hydrogen) atoms. The highest BCUT2D eigenvalue weighted by molar-refractivity contribution is 7.89. The summed E-state index contributed by atoms with van der Waals surface area (Å²) in [5.74, 6) is 0.462. The molecule has 1 aromatic rings. The van der Waals surface area contributed by atoms with Gasteiger partial charge in [0.25, 0.3) is 5.91 Å². The van der Waals surface area contributed by atoms with Gasteiger partial charge in [-0.25, -0.2) is 8.42 Å².